The summed E-state index contributed by atoms with van der Waals surface area (Å²) in [7, 11) is 0. The molecule has 13 heavy (non-hydrogen) atoms. The molecule has 68 valence electrons. The zero-order valence-corrected chi connectivity index (χ0v) is 6.35. The lowest BCUT2D eigenvalue weighted by Crippen LogP contribution is -2.21. The summed E-state index contributed by atoms with van der Waals surface area (Å²) in [6.07, 6.45) is 0. The van der Waals surface area contributed by atoms with Crippen molar-refractivity contribution in [2.75, 3.05) is 0 Å². The van der Waals surface area contributed by atoms with Crippen LogP contribution in [-0.4, -0.2) is 19.9 Å². The topological polar surface area (TPSA) is 94.4 Å². The normalized spacial score (nSPS) is 10.8. The number of halogens is 1. The lowest BCUT2D eigenvalue weighted by atomic mass is 10.5. The van der Waals surface area contributed by atoms with Crippen molar-refractivity contribution in [2.45, 2.75) is 6.67 Å². The molecule has 0 aliphatic rings. The van der Waals surface area contributed by atoms with Gasteiger partial charge >= 0.3 is 5.69 Å². The van der Waals surface area contributed by atoms with Crippen LogP contribution in [-0.2, 0) is 6.67 Å². The summed E-state index contributed by atoms with van der Waals surface area (Å²) >= 11 is 0. The molecule has 2 rings (SSSR count). The minimum Gasteiger partial charge on any atom is -0.334 e. The minimum atomic E-state index is -0.809. The standard InChI is InChI=1S/C6H5FN4O2/c7-1-2-8-3-4(9-2)10-6(13)11-5(3)12/h1H2,(H3,8,9,10,11,12,13). The van der Waals surface area contributed by atoms with Crippen LogP contribution >= 0.6 is 0 Å². The highest BCUT2D eigenvalue weighted by molar-refractivity contribution is 5.68. The number of fused-ring (bicyclic) bond motifs is 1. The predicted molar refractivity (Wildman–Crippen MR) is 42.1 cm³/mol. The first-order valence-electron chi connectivity index (χ1n) is 3.48. The lowest BCUT2D eigenvalue weighted by Gasteiger charge is -1.83. The number of H-pyrrole nitrogens is 3. The maximum absolute atomic E-state index is 12.1. The van der Waals surface area contributed by atoms with Crippen molar-refractivity contribution in [3.63, 3.8) is 0 Å². The third kappa shape index (κ3) is 1.13. The molecule has 2 aromatic heterocycles. The van der Waals surface area contributed by atoms with Gasteiger partial charge in [0.2, 0.25) is 0 Å². The van der Waals surface area contributed by atoms with Crippen LogP contribution in [0.1, 0.15) is 5.82 Å². The van der Waals surface area contributed by atoms with Crippen molar-refractivity contribution in [3.05, 3.63) is 26.7 Å². The molecule has 2 aromatic rings. The van der Waals surface area contributed by atoms with Crippen LogP contribution in [0.25, 0.3) is 11.2 Å². The summed E-state index contributed by atoms with van der Waals surface area (Å²) in [5.41, 5.74) is -1.12. The molecule has 2 heterocycles. The highest BCUT2D eigenvalue weighted by atomic mass is 19.1. The van der Waals surface area contributed by atoms with E-state index in [1.807, 2.05) is 4.98 Å². The monoisotopic (exact) mass is 184 g/mol. The summed E-state index contributed by atoms with van der Waals surface area (Å²) in [6.45, 7) is -0.809. The lowest BCUT2D eigenvalue weighted by molar-refractivity contribution is 0.469. The summed E-state index contributed by atoms with van der Waals surface area (Å²) < 4.78 is 12.1. The Balaban J connectivity index is 2.91. The molecule has 0 spiro atoms. The van der Waals surface area contributed by atoms with Gasteiger partial charge in [0.05, 0.1) is 0 Å². The third-order valence-corrected chi connectivity index (χ3v) is 1.57. The van der Waals surface area contributed by atoms with Crippen LogP contribution in [0, 0.1) is 0 Å². The van der Waals surface area contributed by atoms with Gasteiger partial charge in [-0.15, -0.1) is 0 Å². The van der Waals surface area contributed by atoms with E-state index in [4.69, 9.17) is 0 Å². The van der Waals surface area contributed by atoms with Crippen molar-refractivity contribution in [1.82, 2.24) is 19.9 Å². The van der Waals surface area contributed by atoms with Gasteiger partial charge in [-0.1, -0.05) is 0 Å². The highest BCUT2D eigenvalue weighted by Crippen LogP contribution is 2.01. The molecule has 0 aromatic carbocycles. The fourth-order valence-corrected chi connectivity index (χ4v) is 1.04. The molecule has 0 unspecified atom stereocenters. The first-order valence-corrected chi connectivity index (χ1v) is 3.48. The van der Waals surface area contributed by atoms with Gasteiger partial charge in [0.1, 0.15) is 18.0 Å². The second-order valence-electron chi connectivity index (χ2n) is 2.45. The van der Waals surface area contributed by atoms with Gasteiger partial charge in [-0.3, -0.25) is 14.8 Å². The summed E-state index contributed by atoms with van der Waals surface area (Å²) in [5, 5.41) is 0. The van der Waals surface area contributed by atoms with E-state index in [1.165, 1.54) is 0 Å². The largest absolute Gasteiger partial charge is 0.334 e. The number of rotatable bonds is 1. The van der Waals surface area contributed by atoms with Crippen molar-refractivity contribution in [3.8, 4) is 0 Å². The minimum absolute atomic E-state index is 0.0161. The smallest absolute Gasteiger partial charge is 0.327 e. The van der Waals surface area contributed by atoms with Gasteiger partial charge in [-0.25, -0.2) is 14.2 Å². The quantitative estimate of drug-likeness (QED) is 0.552. The average Bonchev–Trinajstić information content (AvgIpc) is 2.47. The molecule has 0 atom stereocenters. The van der Waals surface area contributed by atoms with Gasteiger partial charge in [0.25, 0.3) is 5.56 Å². The van der Waals surface area contributed by atoms with E-state index in [2.05, 4.69) is 15.0 Å². The number of alkyl halides is 1. The average molecular weight is 184 g/mol. The Bertz CT molecular complexity index is 551. The van der Waals surface area contributed by atoms with Crippen LogP contribution in [0.3, 0.4) is 0 Å². The molecular formula is C6H5FN4O2. The molecule has 0 amide bonds. The molecule has 0 saturated carbocycles. The predicted octanol–water partition coefficient (Wildman–Crippen LogP) is -0.591. The van der Waals surface area contributed by atoms with E-state index in [0.29, 0.717) is 0 Å². The van der Waals surface area contributed by atoms with E-state index in [0.717, 1.165) is 0 Å². The molecule has 0 aliphatic heterocycles. The number of nitrogens with one attached hydrogen (secondary N) is 3. The molecule has 6 nitrogen and oxygen atoms in total. The van der Waals surface area contributed by atoms with Crippen molar-refractivity contribution >= 4 is 11.2 Å². The van der Waals surface area contributed by atoms with E-state index in [-0.39, 0.29) is 17.0 Å². The van der Waals surface area contributed by atoms with Gasteiger partial charge in [0, 0.05) is 0 Å². The maximum atomic E-state index is 12.1. The Kier molecular flexibility index (Phi) is 1.51. The Labute approximate surface area is 69.8 Å². The van der Waals surface area contributed by atoms with Crippen molar-refractivity contribution in [1.29, 1.82) is 0 Å². The molecular weight excluding hydrogens is 179 g/mol. The maximum Gasteiger partial charge on any atom is 0.327 e. The molecule has 0 bridgehead atoms. The summed E-state index contributed by atoms with van der Waals surface area (Å²) in [5.74, 6) is 0.0161. The first kappa shape index (κ1) is 7.71. The van der Waals surface area contributed by atoms with E-state index < -0.39 is 17.9 Å². The van der Waals surface area contributed by atoms with Crippen LogP contribution in [0.4, 0.5) is 4.39 Å². The fourth-order valence-electron chi connectivity index (χ4n) is 1.04. The third-order valence-electron chi connectivity index (χ3n) is 1.57. The molecule has 0 fully saturated rings. The number of nitrogens with zero attached hydrogens (tertiary/aromatic N) is 1. The van der Waals surface area contributed by atoms with Crippen LogP contribution in [0.2, 0.25) is 0 Å². The summed E-state index contributed by atoms with van der Waals surface area (Å²) in [4.78, 5) is 32.1. The van der Waals surface area contributed by atoms with Gasteiger partial charge in [-0.2, -0.15) is 0 Å². The Morgan fingerprint density at radius 1 is 1.23 bits per heavy atom. The van der Waals surface area contributed by atoms with Gasteiger partial charge < -0.3 is 4.98 Å². The van der Waals surface area contributed by atoms with Crippen LogP contribution < -0.4 is 11.2 Å². The fraction of sp³-hybridized carbons (Fsp3) is 0.167. The van der Waals surface area contributed by atoms with E-state index in [9.17, 15) is 14.0 Å². The van der Waals surface area contributed by atoms with E-state index >= 15 is 0 Å². The zero-order valence-electron chi connectivity index (χ0n) is 6.35. The molecule has 0 saturated heterocycles. The van der Waals surface area contributed by atoms with Crippen molar-refractivity contribution in [2.24, 2.45) is 0 Å². The number of hydrogen-bond donors (Lipinski definition) is 3. The van der Waals surface area contributed by atoms with Gasteiger partial charge in [-0.05, 0) is 0 Å². The Hall–Kier alpha value is -1.92. The van der Waals surface area contributed by atoms with E-state index in [1.54, 1.807) is 0 Å². The Morgan fingerprint density at radius 2 is 2.00 bits per heavy atom. The molecule has 0 aliphatic carbocycles. The van der Waals surface area contributed by atoms with Crippen LogP contribution in [0.15, 0.2) is 9.59 Å². The number of aromatic nitrogens is 4. The second-order valence-corrected chi connectivity index (χ2v) is 2.45. The number of hydrogen-bond acceptors (Lipinski definition) is 3. The number of imidazole rings is 1. The molecule has 0 radical (unpaired) electrons. The second kappa shape index (κ2) is 2.54. The highest BCUT2D eigenvalue weighted by Gasteiger charge is 2.06. The SMILES string of the molecule is O=c1[nH]c(=O)c2[nH]c(CF)nc2[nH]1. The first-order chi connectivity index (χ1) is 6.20. The zero-order chi connectivity index (χ0) is 9.42. The number of aromatic amines is 3. The van der Waals surface area contributed by atoms with Gasteiger partial charge in [0.15, 0.2) is 5.65 Å². The summed E-state index contributed by atoms with van der Waals surface area (Å²) in [6, 6.07) is 0. The van der Waals surface area contributed by atoms with Crippen LogP contribution in [0.5, 0.6) is 0 Å². The Morgan fingerprint density at radius 3 is 2.69 bits per heavy atom. The van der Waals surface area contributed by atoms with Crippen molar-refractivity contribution < 1.29 is 4.39 Å². The molecule has 7 heteroatoms. The molecule has 3 N–H and O–H groups in total.